The Balaban J connectivity index is 0.00000300. The van der Waals surface area contributed by atoms with Gasteiger partial charge in [0.2, 0.25) is 5.88 Å². The molecule has 0 saturated heterocycles. The van der Waals surface area contributed by atoms with Crippen LogP contribution in [0.15, 0.2) is 63.7 Å². The number of azo groups is 1. The molecule has 0 spiro atoms. The van der Waals surface area contributed by atoms with Gasteiger partial charge in [0, 0.05) is 17.4 Å². The topological polar surface area (TPSA) is 154 Å². The molecule has 3 rings (SSSR count). The van der Waals surface area contributed by atoms with E-state index < -0.39 is 16.1 Å². The molecule has 0 aliphatic carbocycles. The molecular formula is C17H14CrN4O6S. The van der Waals surface area contributed by atoms with E-state index in [1.807, 2.05) is 0 Å². The van der Waals surface area contributed by atoms with Crippen molar-refractivity contribution in [1.82, 2.24) is 9.78 Å². The van der Waals surface area contributed by atoms with Crippen LogP contribution in [0.5, 0.6) is 5.88 Å². The van der Waals surface area contributed by atoms with Crippen LogP contribution in [0, 0.1) is 6.92 Å². The normalized spacial score (nSPS) is 11.4. The van der Waals surface area contributed by atoms with Crippen molar-refractivity contribution in [2.45, 2.75) is 11.8 Å². The summed E-state index contributed by atoms with van der Waals surface area (Å²) in [5.74, 6) is -1.53. The van der Waals surface area contributed by atoms with Gasteiger partial charge in [-0.05, 0) is 43.3 Å². The molecule has 3 N–H and O–H groups in total. The number of hydrogen-bond donors (Lipinski definition) is 3. The Morgan fingerprint density at radius 2 is 1.69 bits per heavy atom. The summed E-state index contributed by atoms with van der Waals surface area (Å²) >= 11 is 0. The van der Waals surface area contributed by atoms with Crippen molar-refractivity contribution < 1.29 is 45.3 Å². The molecule has 1 heterocycles. The number of carboxylic acid groups (broad SMARTS) is 1. The first kappa shape index (κ1) is 22.3. The van der Waals surface area contributed by atoms with Crippen LogP contribution in [-0.2, 0) is 27.5 Å². The fourth-order valence-electron chi connectivity index (χ4n) is 2.41. The second-order valence-corrected chi connectivity index (χ2v) is 7.08. The molecule has 0 amide bonds. The van der Waals surface area contributed by atoms with Crippen molar-refractivity contribution in [3.8, 4) is 11.6 Å². The molecule has 0 atom stereocenters. The Bertz CT molecular complexity index is 1190. The summed E-state index contributed by atoms with van der Waals surface area (Å²) in [6.07, 6.45) is 0. The maximum atomic E-state index is 11.2. The van der Waals surface area contributed by atoms with Gasteiger partial charge in [-0.15, -0.1) is 10.2 Å². The molecule has 0 saturated carbocycles. The second-order valence-electron chi connectivity index (χ2n) is 5.66. The second kappa shape index (κ2) is 8.54. The number of hydrogen-bond acceptors (Lipinski definition) is 7. The monoisotopic (exact) mass is 454 g/mol. The van der Waals surface area contributed by atoms with Gasteiger partial charge >= 0.3 is 5.97 Å². The van der Waals surface area contributed by atoms with Gasteiger partial charge in [0.1, 0.15) is 5.69 Å². The zero-order chi connectivity index (χ0) is 20.5. The van der Waals surface area contributed by atoms with Gasteiger partial charge < -0.3 is 10.2 Å². The van der Waals surface area contributed by atoms with Crippen LogP contribution in [0.1, 0.15) is 16.1 Å². The van der Waals surface area contributed by atoms with E-state index in [0.717, 1.165) is 16.8 Å². The van der Waals surface area contributed by atoms with Crippen LogP contribution in [0.3, 0.4) is 0 Å². The van der Waals surface area contributed by atoms with Crippen molar-refractivity contribution in [3.63, 3.8) is 0 Å². The number of carboxylic acids is 1. The molecule has 0 radical (unpaired) electrons. The summed E-state index contributed by atoms with van der Waals surface area (Å²) in [5, 5.41) is 31.5. The predicted molar refractivity (Wildman–Crippen MR) is 97.4 cm³/mol. The Morgan fingerprint density at radius 1 is 1.07 bits per heavy atom. The average Bonchev–Trinajstić information content (AvgIpc) is 2.93. The predicted octanol–water partition coefficient (Wildman–Crippen LogP) is 3.24. The molecule has 0 unspecified atom stereocenters. The van der Waals surface area contributed by atoms with E-state index in [0.29, 0.717) is 11.4 Å². The van der Waals surface area contributed by atoms with Gasteiger partial charge in [0.05, 0.1) is 21.8 Å². The van der Waals surface area contributed by atoms with E-state index in [2.05, 4.69) is 15.3 Å². The number of benzene rings is 2. The first-order valence-electron chi connectivity index (χ1n) is 7.79. The molecule has 3 aromatic rings. The molecule has 0 fully saturated rings. The Hall–Kier alpha value is -3.04. The third kappa shape index (κ3) is 4.69. The van der Waals surface area contributed by atoms with Crippen LogP contribution in [-0.4, -0.2) is 38.9 Å². The maximum Gasteiger partial charge on any atom is 0.337 e. The molecule has 0 bridgehead atoms. The first-order chi connectivity index (χ1) is 13.2. The van der Waals surface area contributed by atoms with Crippen LogP contribution >= 0.6 is 0 Å². The molecule has 0 aliphatic heterocycles. The summed E-state index contributed by atoms with van der Waals surface area (Å²) in [6.45, 7) is 1.57. The molecule has 0 aliphatic rings. The molecule has 10 nitrogen and oxygen atoms in total. The number of aromatic nitrogens is 2. The third-order valence-corrected chi connectivity index (χ3v) is 4.64. The van der Waals surface area contributed by atoms with E-state index >= 15 is 0 Å². The van der Waals surface area contributed by atoms with Crippen LogP contribution < -0.4 is 0 Å². The molecule has 150 valence electrons. The standard InChI is InChI=1S/C17H14N4O6S.Cr/c1-10-15(19-18-14-5-3-2-4-13(14)17(23)24)16(22)21(20-10)11-6-8-12(9-7-11)28(25,26)27;/h2-9,22H,1H3,(H,23,24)(H,25,26,27);. The van der Waals surface area contributed by atoms with E-state index in [9.17, 15) is 23.4 Å². The summed E-state index contributed by atoms with van der Waals surface area (Å²) in [4.78, 5) is 10.9. The number of rotatable bonds is 5. The van der Waals surface area contributed by atoms with Crippen molar-refractivity contribution in [2.24, 2.45) is 10.2 Å². The number of aryl methyl sites for hydroxylation is 1. The Morgan fingerprint density at radius 3 is 2.28 bits per heavy atom. The Kier molecular flexibility index (Phi) is 6.56. The molecule has 12 heteroatoms. The molecule has 2 aromatic carbocycles. The minimum atomic E-state index is -4.34. The van der Waals surface area contributed by atoms with Crippen molar-refractivity contribution in [3.05, 3.63) is 59.8 Å². The first-order valence-corrected chi connectivity index (χ1v) is 9.23. The number of nitrogens with zero attached hydrogens (tertiary/aromatic N) is 4. The quantitative estimate of drug-likeness (QED) is 0.395. The zero-order valence-corrected chi connectivity index (χ0v) is 16.9. The van der Waals surface area contributed by atoms with Crippen molar-refractivity contribution >= 4 is 27.5 Å². The largest absolute Gasteiger partial charge is 0.492 e. The van der Waals surface area contributed by atoms with Crippen molar-refractivity contribution in [1.29, 1.82) is 0 Å². The number of aromatic hydroxyl groups is 1. The summed E-state index contributed by atoms with van der Waals surface area (Å²) < 4.78 is 32.4. The molecular weight excluding hydrogens is 440 g/mol. The van der Waals surface area contributed by atoms with Crippen LogP contribution in [0.2, 0.25) is 0 Å². The minimum Gasteiger partial charge on any atom is -0.492 e. The van der Waals surface area contributed by atoms with E-state index in [1.54, 1.807) is 19.1 Å². The van der Waals surface area contributed by atoms with Gasteiger partial charge in [0.25, 0.3) is 10.1 Å². The number of aromatic carboxylic acids is 1. The van der Waals surface area contributed by atoms with E-state index in [-0.39, 0.29) is 45.1 Å². The third-order valence-electron chi connectivity index (χ3n) is 3.78. The van der Waals surface area contributed by atoms with Gasteiger partial charge in [-0.2, -0.15) is 18.2 Å². The summed E-state index contributed by atoms with van der Waals surface area (Å²) in [6, 6.07) is 11.0. The van der Waals surface area contributed by atoms with Gasteiger partial charge in [-0.1, -0.05) is 12.1 Å². The zero-order valence-electron chi connectivity index (χ0n) is 14.8. The van der Waals surface area contributed by atoms with Crippen LogP contribution in [0.4, 0.5) is 11.4 Å². The smallest absolute Gasteiger partial charge is 0.337 e. The average molecular weight is 454 g/mol. The maximum absolute atomic E-state index is 11.2. The fraction of sp³-hybridized carbons (Fsp3) is 0.0588. The van der Waals surface area contributed by atoms with E-state index in [1.165, 1.54) is 24.3 Å². The SMILES string of the molecule is Cc1nn(-c2ccc(S(=O)(=O)O)cc2)c(O)c1N=Nc1ccccc1C(=O)O.[Cr]. The van der Waals surface area contributed by atoms with Crippen LogP contribution in [0.25, 0.3) is 5.69 Å². The minimum absolute atomic E-state index is 0. The molecule has 29 heavy (non-hydrogen) atoms. The summed E-state index contributed by atoms with van der Waals surface area (Å²) in [7, 11) is -4.34. The number of carbonyl (C=O) groups is 1. The van der Waals surface area contributed by atoms with E-state index in [4.69, 9.17) is 4.55 Å². The van der Waals surface area contributed by atoms with Gasteiger partial charge in [0.15, 0.2) is 5.69 Å². The summed E-state index contributed by atoms with van der Waals surface area (Å²) in [5.41, 5.74) is 0.725. The van der Waals surface area contributed by atoms with Crippen molar-refractivity contribution in [2.75, 3.05) is 0 Å². The van der Waals surface area contributed by atoms with Gasteiger partial charge in [-0.25, -0.2) is 4.79 Å². The molecule has 1 aromatic heterocycles. The van der Waals surface area contributed by atoms with Gasteiger partial charge in [-0.3, -0.25) is 4.55 Å². The Labute approximate surface area is 176 Å². The fourth-order valence-corrected chi connectivity index (χ4v) is 2.89.